The highest BCUT2D eigenvalue weighted by molar-refractivity contribution is 9.10. The number of benzene rings is 1. The van der Waals surface area contributed by atoms with Crippen LogP contribution in [0.15, 0.2) is 22.7 Å². The second-order valence-corrected chi connectivity index (χ2v) is 6.10. The third kappa shape index (κ3) is 3.49. The molecule has 2 aliphatic rings. The molecule has 0 unspecified atom stereocenters. The van der Waals surface area contributed by atoms with Gasteiger partial charge in [-0.3, -0.25) is 4.79 Å². The molecule has 0 aromatic heterocycles. The van der Waals surface area contributed by atoms with Gasteiger partial charge in [0.15, 0.2) is 17.6 Å². The van der Waals surface area contributed by atoms with Gasteiger partial charge >= 0.3 is 0 Å². The van der Waals surface area contributed by atoms with Gasteiger partial charge in [-0.1, -0.05) is 6.07 Å². The van der Waals surface area contributed by atoms with Gasteiger partial charge in [0.05, 0.1) is 11.0 Å². The standard InChI is InChI=1S/C15H18BrNO4/c16-12-2-1-3-13-14(12)21-11(9-20-13)8-17-15(18)10-4-6-19-7-5-10/h1-3,10-11H,4-9H2,(H,17,18)/t11-/m0/s1. The number of rotatable bonds is 3. The van der Waals surface area contributed by atoms with Crippen molar-refractivity contribution in [1.29, 1.82) is 0 Å². The van der Waals surface area contributed by atoms with Crippen LogP contribution < -0.4 is 14.8 Å². The van der Waals surface area contributed by atoms with Gasteiger partial charge in [-0.05, 0) is 40.9 Å². The molecule has 1 aromatic carbocycles. The molecule has 1 aromatic rings. The zero-order chi connectivity index (χ0) is 14.7. The van der Waals surface area contributed by atoms with E-state index >= 15 is 0 Å². The fourth-order valence-electron chi connectivity index (χ4n) is 2.52. The summed E-state index contributed by atoms with van der Waals surface area (Å²) in [5.74, 6) is 1.58. The molecule has 0 bridgehead atoms. The summed E-state index contributed by atoms with van der Waals surface area (Å²) in [7, 11) is 0. The normalized spacial score (nSPS) is 21.9. The Kier molecular flexibility index (Phi) is 4.65. The van der Waals surface area contributed by atoms with Crippen LogP contribution in [0.25, 0.3) is 0 Å². The largest absolute Gasteiger partial charge is 0.486 e. The van der Waals surface area contributed by atoms with Crippen molar-refractivity contribution in [1.82, 2.24) is 5.32 Å². The Balaban J connectivity index is 1.53. The predicted octanol–water partition coefficient (Wildman–Crippen LogP) is 2.13. The molecule has 1 N–H and O–H groups in total. The number of nitrogens with one attached hydrogen (secondary N) is 1. The first-order valence-corrected chi connectivity index (χ1v) is 7.97. The number of halogens is 1. The molecule has 1 fully saturated rings. The molecular weight excluding hydrogens is 338 g/mol. The van der Waals surface area contributed by atoms with Crippen LogP contribution in [-0.4, -0.2) is 38.4 Å². The highest BCUT2D eigenvalue weighted by Gasteiger charge is 2.26. The summed E-state index contributed by atoms with van der Waals surface area (Å²) < 4.78 is 17.7. The van der Waals surface area contributed by atoms with Crippen molar-refractivity contribution >= 4 is 21.8 Å². The third-order valence-corrected chi connectivity index (χ3v) is 4.36. The van der Waals surface area contributed by atoms with Gasteiger partial charge in [0.2, 0.25) is 5.91 Å². The molecular formula is C15H18BrNO4. The van der Waals surface area contributed by atoms with Gasteiger partial charge in [-0.15, -0.1) is 0 Å². The van der Waals surface area contributed by atoms with Crippen LogP contribution in [-0.2, 0) is 9.53 Å². The van der Waals surface area contributed by atoms with Crippen LogP contribution in [0, 0.1) is 5.92 Å². The highest BCUT2D eigenvalue weighted by Crippen LogP contribution is 2.38. The van der Waals surface area contributed by atoms with Crippen molar-refractivity contribution in [2.75, 3.05) is 26.4 Å². The molecule has 0 saturated carbocycles. The Morgan fingerprint density at radius 1 is 1.33 bits per heavy atom. The molecule has 1 atom stereocenters. The zero-order valence-electron chi connectivity index (χ0n) is 11.6. The lowest BCUT2D eigenvalue weighted by atomic mass is 9.99. The number of carbonyl (C=O) groups excluding carboxylic acids is 1. The molecule has 6 heteroatoms. The van der Waals surface area contributed by atoms with Crippen molar-refractivity contribution in [3.63, 3.8) is 0 Å². The zero-order valence-corrected chi connectivity index (χ0v) is 13.2. The Morgan fingerprint density at radius 3 is 2.95 bits per heavy atom. The van der Waals surface area contributed by atoms with E-state index in [-0.39, 0.29) is 17.9 Å². The van der Waals surface area contributed by atoms with E-state index in [0.717, 1.165) is 23.1 Å². The van der Waals surface area contributed by atoms with E-state index in [1.165, 1.54) is 0 Å². The Morgan fingerprint density at radius 2 is 2.14 bits per heavy atom. The predicted molar refractivity (Wildman–Crippen MR) is 80.6 cm³/mol. The Labute approximate surface area is 132 Å². The third-order valence-electron chi connectivity index (χ3n) is 3.74. The lowest BCUT2D eigenvalue weighted by Crippen LogP contribution is -2.43. The Bertz CT molecular complexity index is 516. The summed E-state index contributed by atoms with van der Waals surface area (Å²) in [5.41, 5.74) is 0. The maximum absolute atomic E-state index is 12.1. The summed E-state index contributed by atoms with van der Waals surface area (Å²) in [6.45, 7) is 2.23. The van der Waals surface area contributed by atoms with E-state index in [2.05, 4.69) is 21.2 Å². The van der Waals surface area contributed by atoms with Crippen molar-refractivity contribution in [2.24, 2.45) is 5.92 Å². The van der Waals surface area contributed by atoms with Crippen molar-refractivity contribution in [3.8, 4) is 11.5 Å². The molecule has 21 heavy (non-hydrogen) atoms. The van der Waals surface area contributed by atoms with E-state index in [4.69, 9.17) is 14.2 Å². The van der Waals surface area contributed by atoms with E-state index in [9.17, 15) is 4.79 Å². The first kappa shape index (κ1) is 14.7. The molecule has 0 radical (unpaired) electrons. The minimum absolute atomic E-state index is 0.0577. The summed E-state index contributed by atoms with van der Waals surface area (Å²) in [6, 6.07) is 5.68. The van der Waals surface area contributed by atoms with E-state index < -0.39 is 0 Å². The lowest BCUT2D eigenvalue weighted by molar-refractivity contribution is -0.128. The van der Waals surface area contributed by atoms with Crippen molar-refractivity contribution in [3.05, 3.63) is 22.7 Å². The molecule has 0 spiro atoms. The maximum atomic E-state index is 12.1. The maximum Gasteiger partial charge on any atom is 0.223 e. The topological polar surface area (TPSA) is 56.8 Å². The SMILES string of the molecule is O=C(NC[C@H]1COc2cccc(Br)c2O1)C1CCOCC1. The molecule has 0 aliphatic carbocycles. The molecule has 114 valence electrons. The van der Waals surface area contributed by atoms with Crippen LogP contribution in [0.2, 0.25) is 0 Å². The molecule has 1 amide bonds. The molecule has 3 rings (SSSR count). The van der Waals surface area contributed by atoms with Crippen molar-refractivity contribution < 1.29 is 19.0 Å². The number of amides is 1. The summed E-state index contributed by atoms with van der Waals surface area (Å²) in [6.07, 6.45) is 1.42. The number of fused-ring (bicyclic) bond motifs is 1. The van der Waals surface area contributed by atoms with Crippen LogP contribution in [0.4, 0.5) is 0 Å². The molecule has 2 aliphatic heterocycles. The summed E-state index contributed by atoms with van der Waals surface area (Å²) >= 11 is 3.45. The van der Waals surface area contributed by atoms with Gasteiger partial charge in [0.25, 0.3) is 0 Å². The fourth-order valence-corrected chi connectivity index (χ4v) is 2.96. The lowest BCUT2D eigenvalue weighted by Gasteiger charge is -2.28. The van der Waals surface area contributed by atoms with E-state index in [1.807, 2.05) is 18.2 Å². The first-order chi connectivity index (χ1) is 10.2. The molecule has 2 heterocycles. The molecule has 1 saturated heterocycles. The smallest absolute Gasteiger partial charge is 0.223 e. The number of para-hydroxylation sites is 1. The second-order valence-electron chi connectivity index (χ2n) is 5.25. The number of ether oxygens (including phenoxy) is 3. The quantitative estimate of drug-likeness (QED) is 0.902. The minimum Gasteiger partial charge on any atom is -0.486 e. The van der Waals surface area contributed by atoms with Crippen LogP contribution in [0.3, 0.4) is 0 Å². The fraction of sp³-hybridized carbons (Fsp3) is 0.533. The van der Waals surface area contributed by atoms with Gasteiger partial charge < -0.3 is 19.5 Å². The van der Waals surface area contributed by atoms with Gasteiger partial charge in [0, 0.05) is 19.1 Å². The average Bonchev–Trinajstić information content (AvgIpc) is 2.54. The van der Waals surface area contributed by atoms with E-state index in [0.29, 0.717) is 32.1 Å². The second kappa shape index (κ2) is 6.66. The number of hydrogen-bond donors (Lipinski definition) is 1. The highest BCUT2D eigenvalue weighted by atomic mass is 79.9. The summed E-state index contributed by atoms with van der Waals surface area (Å²) in [4.78, 5) is 12.1. The van der Waals surface area contributed by atoms with Crippen LogP contribution >= 0.6 is 15.9 Å². The van der Waals surface area contributed by atoms with Crippen LogP contribution in [0.5, 0.6) is 11.5 Å². The Hall–Kier alpha value is -1.27. The number of hydrogen-bond acceptors (Lipinski definition) is 4. The van der Waals surface area contributed by atoms with E-state index in [1.54, 1.807) is 0 Å². The minimum atomic E-state index is -0.167. The number of carbonyl (C=O) groups is 1. The molecule has 5 nitrogen and oxygen atoms in total. The van der Waals surface area contributed by atoms with Gasteiger partial charge in [-0.25, -0.2) is 0 Å². The monoisotopic (exact) mass is 355 g/mol. The van der Waals surface area contributed by atoms with Gasteiger partial charge in [0.1, 0.15) is 6.61 Å². The van der Waals surface area contributed by atoms with Gasteiger partial charge in [-0.2, -0.15) is 0 Å². The summed E-state index contributed by atoms with van der Waals surface area (Å²) in [5, 5.41) is 2.96. The van der Waals surface area contributed by atoms with Crippen molar-refractivity contribution in [2.45, 2.75) is 18.9 Å². The average molecular weight is 356 g/mol. The first-order valence-electron chi connectivity index (χ1n) is 7.17. The van der Waals surface area contributed by atoms with Crippen LogP contribution in [0.1, 0.15) is 12.8 Å².